The molecule has 1 nitrogen and oxygen atoms in total. The van der Waals surface area contributed by atoms with E-state index in [0.29, 0.717) is 12.0 Å². The largest absolute Gasteiger partial charge is 0.305 e. The zero-order valence-electron chi connectivity index (χ0n) is 13.6. The third-order valence-corrected chi connectivity index (χ3v) is 4.66. The molecule has 114 valence electrons. The number of hydrogen-bond acceptors (Lipinski definition) is 2. The topological polar surface area (TPSA) is 12.0 Å². The molecule has 0 saturated heterocycles. The summed E-state index contributed by atoms with van der Waals surface area (Å²) in [5, 5.41) is 5.87. The highest BCUT2D eigenvalue weighted by atomic mass is 32.1. The first-order valence-corrected chi connectivity index (χ1v) is 8.79. The lowest BCUT2D eigenvalue weighted by atomic mass is 10.0. The summed E-state index contributed by atoms with van der Waals surface area (Å²) in [6.07, 6.45) is 1.16. The second-order valence-electron chi connectivity index (χ2n) is 6.53. The van der Waals surface area contributed by atoms with Crippen LogP contribution in [0.4, 0.5) is 0 Å². The average Bonchev–Trinajstić information content (AvgIpc) is 2.94. The highest BCUT2D eigenvalue weighted by Crippen LogP contribution is 2.26. The van der Waals surface area contributed by atoms with E-state index >= 15 is 0 Å². The van der Waals surface area contributed by atoms with Crippen LogP contribution in [-0.2, 0) is 13.0 Å². The van der Waals surface area contributed by atoms with Gasteiger partial charge in [0.05, 0.1) is 0 Å². The van der Waals surface area contributed by atoms with Gasteiger partial charge in [0.2, 0.25) is 0 Å². The Kier molecular flexibility index (Phi) is 6.01. The summed E-state index contributed by atoms with van der Waals surface area (Å²) in [4.78, 5) is 1.43. The Labute approximate surface area is 133 Å². The Hall–Kier alpha value is -1.12. The van der Waals surface area contributed by atoms with Crippen LogP contribution in [0.15, 0.2) is 41.8 Å². The molecule has 0 aliphatic heterocycles. The number of rotatable bonds is 7. The fourth-order valence-electron chi connectivity index (χ4n) is 2.63. The lowest BCUT2D eigenvalue weighted by Crippen LogP contribution is -2.24. The van der Waals surface area contributed by atoms with E-state index in [1.165, 1.54) is 16.0 Å². The second-order valence-corrected chi connectivity index (χ2v) is 7.51. The van der Waals surface area contributed by atoms with E-state index < -0.39 is 0 Å². The maximum Gasteiger partial charge on any atom is 0.0440 e. The summed E-state index contributed by atoms with van der Waals surface area (Å²) in [5.74, 6) is 1.32. The molecule has 0 radical (unpaired) electrons. The summed E-state index contributed by atoms with van der Waals surface area (Å²) in [5.41, 5.74) is 2.80. The van der Waals surface area contributed by atoms with Gasteiger partial charge in [-0.25, -0.2) is 0 Å². The Morgan fingerprint density at radius 3 is 2.14 bits per heavy atom. The van der Waals surface area contributed by atoms with Crippen molar-refractivity contribution in [2.24, 2.45) is 11.8 Å². The van der Waals surface area contributed by atoms with Gasteiger partial charge in [-0.1, -0.05) is 58.0 Å². The third-order valence-electron chi connectivity index (χ3n) is 3.71. The van der Waals surface area contributed by atoms with Gasteiger partial charge in [0.1, 0.15) is 0 Å². The van der Waals surface area contributed by atoms with Gasteiger partial charge in [-0.2, -0.15) is 0 Å². The van der Waals surface area contributed by atoms with E-state index in [4.69, 9.17) is 0 Å². The Balaban J connectivity index is 1.95. The van der Waals surface area contributed by atoms with E-state index in [2.05, 4.69) is 74.8 Å². The molecular weight excluding hydrogens is 274 g/mol. The Bertz CT molecular complexity index is 511. The van der Waals surface area contributed by atoms with Crippen LogP contribution in [0.3, 0.4) is 0 Å². The molecule has 0 fully saturated rings. The SMILES string of the molecule is CC(C)Cc1ccc(CNC(c2cccs2)C(C)C)cc1. The molecule has 0 aliphatic carbocycles. The molecule has 1 atom stereocenters. The maximum atomic E-state index is 3.71. The van der Waals surface area contributed by atoms with E-state index in [1.54, 1.807) is 0 Å². The molecule has 1 heterocycles. The highest BCUT2D eigenvalue weighted by molar-refractivity contribution is 7.10. The van der Waals surface area contributed by atoms with Crippen molar-refractivity contribution in [2.75, 3.05) is 0 Å². The number of hydrogen-bond donors (Lipinski definition) is 1. The van der Waals surface area contributed by atoms with E-state index in [9.17, 15) is 0 Å². The Morgan fingerprint density at radius 1 is 0.952 bits per heavy atom. The molecular formula is C19H27NS. The molecule has 1 aromatic carbocycles. The van der Waals surface area contributed by atoms with Gasteiger partial charge in [-0.3, -0.25) is 0 Å². The lowest BCUT2D eigenvalue weighted by Gasteiger charge is -2.21. The van der Waals surface area contributed by atoms with E-state index in [1.807, 2.05) is 11.3 Å². The normalized spacial score (nSPS) is 13.0. The molecule has 2 aromatic rings. The van der Waals surface area contributed by atoms with Crippen LogP contribution in [-0.4, -0.2) is 0 Å². The summed E-state index contributed by atoms with van der Waals surface area (Å²) >= 11 is 1.84. The summed E-state index contributed by atoms with van der Waals surface area (Å²) < 4.78 is 0. The van der Waals surface area contributed by atoms with Crippen LogP contribution in [0.25, 0.3) is 0 Å². The summed E-state index contributed by atoms with van der Waals surface area (Å²) in [7, 11) is 0. The molecule has 1 unspecified atom stereocenters. The number of thiophene rings is 1. The first-order valence-electron chi connectivity index (χ1n) is 7.91. The van der Waals surface area contributed by atoms with Crippen molar-refractivity contribution in [1.29, 1.82) is 0 Å². The smallest absolute Gasteiger partial charge is 0.0440 e. The minimum absolute atomic E-state index is 0.445. The van der Waals surface area contributed by atoms with Crippen molar-refractivity contribution in [3.8, 4) is 0 Å². The second kappa shape index (κ2) is 7.77. The van der Waals surface area contributed by atoms with Crippen molar-refractivity contribution in [3.05, 3.63) is 57.8 Å². The molecule has 0 amide bonds. The van der Waals surface area contributed by atoms with Crippen LogP contribution in [0.5, 0.6) is 0 Å². The molecule has 0 saturated carbocycles. The first-order chi connectivity index (χ1) is 10.1. The molecule has 21 heavy (non-hydrogen) atoms. The molecule has 0 spiro atoms. The zero-order chi connectivity index (χ0) is 15.2. The van der Waals surface area contributed by atoms with Crippen LogP contribution in [0.2, 0.25) is 0 Å². The van der Waals surface area contributed by atoms with Crippen molar-refractivity contribution in [3.63, 3.8) is 0 Å². The van der Waals surface area contributed by atoms with Gasteiger partial charge in [0.15, 0.2) is 0 Å². The van der Waals surface area contributed by atoms with Gasteiger partial charge >= 0.3 is 0 Å². The van der Waals surface area contributed by atoms with E-state index in [0.717, 1.165) is 18.9 Å². The fraction of sp³-hybridized carbons (Fsp3) is 0.474. The van der Waals surface area contributed by atoms with Crippen LogP contribution >= 0.6 is 11.3 Å². The molecule has 2 rings (SSSR count). The van der Waals surface area contributed by atoms with Gasteiger partial charge in [-0.15, -0.1) is 11.3 Å². The average molecular weight is 301 g/mol. The van der Waals surface area contributed by atoms with Crippen LogP contribution < -0.4 is 5.32 Å². The third kappa shape index (κ3) is 4.98. The lowest BCUT2D eigenvalue weighted by molar-refractivity contribution is 0.416. The summed E-state index contributed by atoms with van der Waals surface area (Å²) in [6.45, 7) is 10.0. The van der Waals surface area contributed by atoms with Crippen molar-refractivity contribution >= 4 is 11.3 Å². The van der Waals surface area contributed by atoms with Crippen molar-refractivity contribution < 1.29 is 0 Å². The standard InChI is InChI=1S/C19H27NS/c1-14(2)12-16-7-9-17(10-8-16)13-20-19(15(3)4)18-6-5-11-21-18/h5-11,14-15,19-20H,12-13H2,1-4H3. The predicted octanol–water partition coefficient (Wildman–Crippen LogP) is 5.43. The number of nitrogens with one attached hydrogen (secondary N) is 1. The van der Waals surface area contributed by atoms with Crippen molar-refractivity contribution in [2.45, 2.75) is 46.7 Å². The number of benzene rings is 1. The molecule has 2 heteroatoms. The van der Waals surface area contributed by atoms with Crippen LogP contribution in [0, 0.1) is 11.8 Å². The monoisotopic (exact) mass is 301 g/mol. The zero-order valence-corrected chi connectivity index (χ0v) is 14.4. The molecule has 0 aliphatic rings. The van der Waals surface area contributed by atoms with Gasteiger partial charge in [-0.05, 0) is 40.8 Å². The minimum atomic E-state index is 0.445. The first kappa shape index (κ1) is 16.3. The fourth-order valence-corrected chi connectivity index (χ4v) is 3.60. The van der Waals surface area contributed by atoms with Gasteiger partial charge in [0, 0.05) is 17.5 Å². The van der Waals surface area contributed by atoms with Crippen molar-refractivity contribution in [1.82, 2.24) is 5.32 Å². The maximum absolute atomic E-state index is 3.71. The molecule has 1 aromatic heterocycles. The Morgan fingerprint density at radius 2 is 1.62 bits per heavy atom. The molecule has 0 bridgehead atoms. The van der Waals surface area contributed by atoms with Gasteiger partial charge in [0.25, 0.3) is 0 Å². The summed E-state index contributed by atoms with van der Waals surface area (Å²) in [6, 6.07) is 13.9. The minimum Gasteiger partial charge on any atom is -0.305 e. The predicted molar refractivity (Wildman–Crippen MR) is 93.7 cm³/mol. The van der Waals surface area contributed by atoms with E-state index in [-0.39, 0.29) is 0 Å². The quantitative estimate of drug-likeness (QED) is 0.718. The highest BCUT2D eigenvalue weighted by Gasteiger charge is 2.15. The van der Waals surface area contributed by atoms with Gasteiger partial charge < -0.3 is 5.32 Å². The van der Waals surface area contributed by atoms with Crippen LogP contribution in [0.1, 0.15) is 49.7 Å². The molecule has 1 N–H and O–H groups in total.